The number of rotatable bonds is 5. The van der Waals surface area contributed by atoms with E-state index in [-0.39, 0.29) is 5.56 Å². The average Bonchev–Trinajstić information content (AvgIpc) is 2.74. The normalized spacial score (nSPS) is 13.8. The summed E-state index contributed by atoms with van der Waals surface area (Å²) in [6.07, 6.45) is 5.41. The third-order valence-electron chi connectivity index (χ3n) is 4.85. The van der Waals surface area contributed by atoms with Crippen LogP contribution in [0, 0.1) is 0 Å². The molecule has 0 saturated heterocycles. The Bertz CT molecular complexity index is 1040. The first-order chi connectivity index (χ1) is 13.7. The number of aromatic amines is 1. The zero-order valence-electron chi connectivity index (χ0n) is 15.8. The molecule has 4 rings (SSSR count). The molecule has 0 bridgehead atoms. The standard InChI is InChI=1S/C20H21N5O3/c1-27-14-4-3-13(18(9-14)28-2)11-25-8-5-15-17(12-25)23-19(24-20(15)26)16-10-21-6-7-22-16/h3-4,6-7,9-10H,5,8,11-12H2,1-2H3,(H,23,24,26). The van der Waals surface area contributed by atoms with E-state index in [0.29, 0.717) is 31.0 Å². The van der Waals surface area contributed by atoms with Crippen molar-refractivity contribution in [1.82, 2.24) is 24.8 Å². The third kappa shape index (κ3) is 3.59. The highest BCUT2D eigenvalue weighted by Crippen LogP contribution is 2.27. The molecule has 0 spiro atoms. The van der Waals surface area contributed by atoms with Gasteiger partial charge < -0.3 is 14.5 Å². The summed E-state index contributed by atoms with van der Waals surface area (Å²) < 4.78 is 10.8. The lowest BCUT2D eigenvalue weighted by atomic mass is 10.0. The molecule has 1 aliphatic heterocycles. The summed E-state index contributed by atoms with van der Waals surface area (Å²) >= 11 is 0. The number of hydrogen-bond donors (Lipinski definition) is 1. The van der Waals surface area contributed by atoms with Crippen LogP contribution in [0.15, 0.2) is 41.6 Å². The van der Waals surface area contributed by atoms with Crippen molar-refractivity contribution in [3.05, 3.63) is 64.0 Å². The molecule has 0 fully saturated rings. The van der Waals surface area contributed by atoms with Crippen LogP contribution in [-0.4, -0.2) is 45.6 Å². The van der Waals surface area contributed by atoms with Crippen LogP contribution in [0.1, 0.15) is 16.8 Å². The molecular formula is C20H21N5O3. The molecule has 0 atom stereocenters. The van der Waals surface area contributed by atoms with E-state index in [1.807, 2.05) is 18.2 Å². The van der Waals surface area contributed by atoms with Crippen LogP contribution < -0.4 is 15.0 Å². The van der Waals surface area contributed by atoms with Gasteiger partial charge in [-0.2, -0.15) is 0 Å². The number of aromatic nitrogens is 4. The van der Waals surface area contributed by atoms with Gasteiger partial charge in [0, 0.05) is 49.2 Å². The second kappa shape index (κ2) is 7.77. The lowest BCUT2D eigenvalue weighted by molar-refractivity contribution is 0.237. The molecule has 0 radical (unpaired) electrons. The van der Waals surface area contributed by atoms with E-state index >= 15 is 0 Å². The summed E-state index contributed by atoms with van der Waals surface area (Å²) in [6, 6.07) is 5.80. The van der Waals surface area contributed by atoms with E-state index in [0.717, 1.165) is 34.9 Å². The maximum atomic E-state index is 12.5. The highest BCUT2D eigenvalue weighted by atomic mass is 16.5. The fourth-order valence-corrected chi connectivity index (χ4v) is 3.39. The highest BCUT2D eigenvalue weighted by Gasteiger charge is 2.22. The number of fused-ring (bicyclic) bond motifs is 1. The molecule has 1 aliphatic rings. The predicted molar refractivity (Wildman–Crippen MR) is 103 cm³/mol. The van der Waals surface area contributed by atoms with Gasteiger partial charge in [-0.05, 0) is 12.5 Å². The minimum absolute atomic E-state index is 0.104. The molecule has 8 nitrogen and oxygen atoms in total. The minimum atomic E-state index is -0.104. The van der Waals surface area contributed by atoms with Crippen molar-refractivity contribution in [2.45, 2.75) is 19.5 Å². The highest BCUT2D eigenvalue weighted by molar-refractivity contribution is 5.47. The van der Waals surface area contributed by atoms with Crippen molar-refractivity contribution in [1.29, 1.82) is 0 Å². The molecule has 0 saturated carbocycles. The van der Waals surface area contributed by atoms with Crippen LogP contribution in [0.25, 0.3) is 11.5 Å². The molecule has 3 heterocycles. The number of nitrogens with zero attached hydrogens (tertiary/aromatic N) is 4. The second-order valence-electron chi connectivity index (χ2n) is 6.57. The van der Waals surface area contributed by atoms with E-state index in [2.05, 4.69) is 24.8 Å². The molecule has 3 aromatic rings. The first-order valence-corrected chi connectivity index (χ1v) is 8.99. The van der Waals surface area contributed by atoms with Gasteiger partial charge in [0.25, 0.3) is 5.56 Å². The number of nitrogens with one attached hydrogen (secondary N) is 1. The largest absolute Gasteiger partial charge is 0.497 e. The second-order valence-corrected chi connectivity index (χ2v) is 6.57. The lowest BCUT2D eigenvalue weighted by Crippen LogP contribution is -2.35. The maximum absolute atomic E-state index is 12.5. The van der Waals surface area contributed by atoms with E-state index < -0.39 is 0 Å². The first kappa shape index (κ1) is 18.1. The van der Waals surface area contributed by atoms with Crippen LogP contribution in [0.4, 0.5) is 0 Å². The zero-order chi connectivity index (χ0) is 19.5. The Morgan fingerprint density at radius 2 is 2.11 bits per heavy atom. The molecule has 144 valence electrons. The fraction of sp³-hybridized carbons (Fsp3) is 0.300. The van der Waals surface area contributed by atoms with Crippen molar-refractivity contribution in [3.63, 3.8) is 0 Å². The van der Waals surface area contributed by atoms with Crippen LogP contribution in [0.5, 0.6) is 11.5 Å². The molecule has 8 heteroatoms. The van der Waals surface area contributed by atoms with Crippen molar-refractivity contribution in [3.8, 4) is 23.0 Å². The smallest absolute Gasteiger partial charge is 0.254 e. The molecule has 0 amide bonds. The Hall–Kier alpha value is -3.26. The Morgan fingerprint density at radius 3 is 2.86 bits per heavy atom. The van der Waals surface area contributed by atoms with Crippen LogP contribution in [0.2, 0.25) is 0 Å². The minimum Gasteiger partial charge on any atom is -0.497 e. The van der Waals surface area contributed by atoms with Gasteiger partial charge in [-0.25, -0.2) is 9.97 Å². The van der Waals surface area contributed by atoms with Crippen molar-refractivity contribution < 1.29 is 9.47 Å². The van der Waals surface area contributed by atoms with E-state index in [4.69, 9.17) is 9.47 Å². The van der Waals surface area contributed by atoms with Crippen LogP contribution in [-0.2, 0) is 19.5 Å². The maximum Gasteiger partial charge on any atom is 0.254 e. The molecule has 2 aromatic heterocycles. The van der Waals surface area contributed by atoms with Gasteiger partial charge in [0.1, 0.15) is 17.2 Å². The number of hydrogen-bond acceptors (Lipinski definition) is 7. The number of methoxy groups -OCH3 is 2. The molecule has 0 aliphatic carbocycles. The summed E-state index contributed by atoms with van der Waals surface area (Å²) in [6.45, 7) is 2.06. The third-order valence-corrected chi connectivity index (χ3v) is 4.85. The predicted octanol–water partition coefficient (Wildman–Crippen LogP) is 1.80. The quantitative estimate of drug-likeness (QED) is 0.722. The number of H-pyrrole nitrogens is 1. The van der Waals surface area contributed by atoms with Gasteiger partial charge in [0.2, 0.25) is 0 Å². The van der Waals surface area contributed by atoms with E-state index in [1.165, 1.54) is 0 Å². The summed E-state index contributed by atoms with van der Waals surface area (Å²) in [5.41, 5.74) is 3.03. The summed E-state index contributed by atoms with van der Waals surface area (Å²) in [7, 11) is 3.28. The van der Waals surface area contributed by atoms with Crippen LogP contribution >= 0.6 is 0 Å². The Kier molecular flexibility index (Phi) is 5.03. The van der Waals surface area contributed by atoms with Gasteiger partial charge >= 0.3 is 0 Å². The molecule has 28 heavy (non-hydrogen) atoms. The van der Waals surface area contributed by atoms with Gasteiger partial charge in [0.15, 0.2) is 5.82 Å². The van der Waals surface area contributed by atoms with Gasteiger partial charge in [-0.3, -0.25) is 14.7 Å². The first-order valence-electron chi connectivity index (χ1n) is 8.99. The molecule has 1 N–H and O–H groups in total. The van der Waals surface area contributed by atoms with Crippen molar-refractivity contribution in [2.75, 3.05) is 20.8 Å². The topological polar surface area (TPSA) is 93.2 Å². The van der Waals surface area contributed by atoms with Crippen LogP contribution in [0.3, 0.4) is 0 Å². The lowest BCUT2D eigenvalue weighted by Gasteiger charge is -2.28. The van der Waals surface area contributed by atoms with Gasteiger partial charge in [-0.15, -0.1) is 0 Å². The SMILES string of the molecule is COc1ccc(CN2CCc3c(nc(-c4cnccn4)[nH]c3=O)C2)c(OC)c1. The Morgan fingerprint density at radius 1 is 1.21 bits per heavy atom. The van der Waals surface area contributed by atoms with Crippen molar-refractivity contribution in [2.24, 2.45) is 0 Å². The number of ether oxygens (including phenoxy) is 2. The average molecular weight is 379 g/mol. The molecular weight excluding hydrogens is 358 g/mol. The Balaban J connectivity index is 1.59. The number of benzene rings is 1. The monoisotopic (exact) mass is 379 g/mol. The van der Waals surface area contributed by atoms with E-state index in [9.17, 15) is 4.79 Å². The fourth-order valence-electron chi connectivity index (χ4n) is 3.39. The zero-order valence-corrected chi connectivity index (χ0v) is 15.8. The summed E-state index contributed by atoms with van der Waals surface area (Å²) in [5.74, 6) is 1.98. The molecule has 0 unspecified atom stereocenters. The Labute approximate surface area is 162 Å². The van der Waals surface area contributed by atoms with Crippen molar-refractivity contribution >= 4 is 0 Å². The summed E-state index contributed by atoms with van der Waals surface area (Å²) in [5, 5.41) is 0. The van der Waals surface area contributed by atoms with E-state index in [1.54, 1.807) is 32.8 Å². The molecule has 1 aromatic carbocycles. The summed E-state index contributed by atoms with van der Waals surface area (Å²) in [4.78, 5) is 30.5. The van der Waals surface area contributed by atoms with Gasteiger partial charge in [-0.1, -0.05) is 6.07 Å². The van der Waals surface area contributed by atoms with Gasteiger partial charge in [0.05, 0.1) is 26.1 Å².